The Morgan fingerprint density at radius 1 is 0.789 bits per heavy atom. The van der Waals surface area contributed by atoms with Crippen LogP contribution in [0, 0.1) is 0 Å². The summed E-state index contributed by atoms with van der Waals surface area (Å²) in [5.74, 6) is -0.171. The van der Waals surface area contributed by atoms with E-state index < -0.39 is 0 Å². The van der Waals surface area contributed by atoms with Gasteiger partial charge in [-0.2, -0.15) is 0 Å². The highest BCUT2D eigenvalue weighted by Gasteiger charge is 2.23. The van der Waals surface area contributed by atoms with E-state index in [-0.39, 0.29) is 11.6 Å². The van der Waals surface area contributed by atoms with Crippen LogP contribution in [0.15, 0.2) is 48.6 Å². The van der Waals surface area contributed by atoms with Gasteiger partial charge in [0.2, 0.25) is 0 Å². The minimum atomic E-state index is -0.0909. The average Bonchev–Trinajstić information content (AvgIpc) is 2.81. The molecule has 0 spiro atoms. The van der Waals surface area contributed by atoms with E-state index in [1.165, 1.54) is 12.2 Å². The fourth-order valence-electron chi connectivity index (χ4n) is 2.60. The van der Waals surface area contributed by atoms with Gasteiger partial charge in [-0.3, -0.25) is 9.59 Å². The molecule has 0 amide bonds. The number of hydrogen-bond donors (Lipinski definition) is 0. The zero-order valence-electron chi connectivity index (χ0n) is 9.84. The number of allylic oxidation sites excluding steroid dienone is 2. The highest BCUT2D eigenvalue weighted by Crippen LogP contribution is 2.38. The summed E-state index contributed by atoms with van der Waals surface area (Å²) >= 11 is 1.65. The Morgan fingerprint density at radius 2 is 1.58 bits per heavy atom. The molecule has 0 fully saturated rings. The smallest absolute Gasteiger partial charge is 0.187 e. The van der Waals surface area contributed by atoms with Crippen molar-refractivity contribution in [1.29, 1.82) is 0 Å². The van der Waals surface area contributed by atoms with Gasteiger partial charge in [-0.05, 0) is 30.4 Å². The average molecular weight is 264 g/mol. The number of benzene rings is 2. The van der Waals surface area contributed by atoms with Crippen LogP contribution in [0.4, 0.5) is 0 Å². The van der Waals surface area contributed by atoms with Crippen LogP contribution in [0.1, 0.15) is 20.7 Å². The van der Waals surface area contributed by atoms with E-state index in [1.807, 2.05) is 30.3 Å². The normalized spacial score (nSPS) is 14.3. The Morgan fingerprint density at radius 3 is 2.47 bits per heavy atom. The second kappa shape index (κ2) is 3.62. The number of hydrogen-bond acceptors (Lipinski definition) is 3. The van der Waals surface area contributed by atoms with E-state index in [4.69, 9.17) is 0 Å². The predicted molar refractivity (Wildman–Crippen MR) is 77.1 cm³/mol. The third-order valence-corrected chi connectivity index (χ3v) is 4.58. The van der Waals surface area contributed by atoms with Crippen LogP contribution in [-0.4, -0.2) is 11.6 Å². The van der Waals surface area contributed by atoms with Crippen molar-refractivity contribution in [3.8, 4) is 0 Å². The maximum atomic E-state index is 12.2. The monoisotopic (exact) mass is 264 g/mol. The first kappa shape index (κ1) is 10.6. The molecule has 1 aliphatic carbocycles. The van der Waals surface area contributed by atoms with Gasteiger partial charge >= 0.3 is 0 Å². The van der Waals surface area contributed by atoms with E-state index in [1.54, 1.807) is 17.4 Å². The van der Waals surface area contributed by atoms with Crippen LogP contribution in [-0.2, 0) is 0 Å². The molecule has 3 heteroatoms. The largest absolute Gasteiger partial charge is 0.289 e. The molecule has 0 radical (unpaired) electrons. The predicted octanol–water partition coefficient (Wildman–Crippen LogP) is 3.99. The Bertz CT molecular complexity index is 900. The summed E-state index contributed by atoms with van der Waals surface area (Å²) in [6.45, 7) is 0. The van der Waals surface area contributed by atoms with Gasteiger partial charge in [0.25, 0.3) is 0 Å². The molecule has 0 saturated heterocycles. The minimum Gasteiger partial charge on any atom is -0.289 e. The molecule has 0 unspecified atom stereocenters. The first-order valence-electron chi connectivity index (χ1n) is 5.97. The maximum absolute atomic E-state index is 12.2. The lowest BCUT2D eigenvalue weighted by atomic mass is 9.91. The molecule has 0 bridgehead atoms. The molecule has 0 saturated carbocycles. The molecule has 1 aromatic heterocycles. The van der Waals surface area contributed by atoms with Gasteiger partial charge in [-0.15, -0.1) is 11.3 Å². The topological polar surface area (TPSA) is 34.1 Å². The van der Waals surface area contributed by atoms with E-state index in [2.05, 4.69) is 0 Å². The van der Waals surface area contributed by atoms with Crippen molar-refractivity contribution in [3.63, 3.8) is 0 Å². The summed E-state index contributed by atoms with van der Waals surface area (Å²) < 4.78 is 2.19. The van der Waals surface area contributed by atoms with Crippen molar-refractivity contribution in [3.05, 3.63) is 59.7 Å². The molecule has 19 heavy (non-hydrogen) atoms. The lowest BCUT2D eigenvalue weighted by molar-refractivity contribution is 0.0995. The lowest BCUT2D eigenvalue weighted by Crippen LogP contribution is -2.11. The standard InChI is InChI=1S/C16H8O2S/c17-11-6-7-12(18)15-9(11)5-8-14-16(15)10-3-1-2-4-13(10)19-14/h1-8H. The zero-order chi connectivity index (χ0) is 13.0. The van der Waals surface area contributed by atoms with Gasteiger partial charge in [-0.25, -0.2) is 0 Å². The van der Waals surface area contributed by atoms with Crippen LogP contribution < -0.4 is 0 Å². The highest BCUT2D eigenvalue weighted by atomic mass is 32.1. The van der Waals surface area contributed by atoms with Crippen LogP contribution in [0.3, 0.4) is 0 Å². The summed E-state index contributed by atoms with van der Waals surface area (Å²) in [5.41, 5.74) is 1.08. The van der Waals surface area contributed by atoms with Crippen molar-refractivity contribution >= 4 is 43.1 Å². The summed E-state index contributed by atoms with van der Waals surface area (Å²) in [6, 6.07) is 11.7. The summed E-state index contributed by atoms with van der Waals surface area (Å²) in [5, 5.41) is 1.97. The number of carbonyl (C=O) groups excluding carboxylic acids is 2. The fraction of sp³-hybridized carbons (Fsp3) is 0. The van der Waals surface area contributed by atoms with Gasteiger partial charge in [0.05, 0.1) is 0 Å². The van der Waals surface area contributed by atoms with Crippen molar-refractivity contribution in [2.24, 2.45) is 0 Å². The van der Waals surface area contributed by atoms with Gasteiger partial charge in [0, 0.05) is 31.3 Å². The first-order valence-corrected chi connectivity index (χ1v) is 6.78. The van der Waals surface area contributed by atoms with Gasteiger partial charge < -0.3 is 0 Å². The van der Waals surface area contributed by atoms with Crippen LogP contribution in [0.2, 0.25) is 0 Å². The molecule has 0 N–H and O–H groups in total. The van der Waals surface area contributed by atoms with Crippen molar-refractivity contribution < 1.29 is 9.59 Å². The fourth-order valence-corrected chi connectivity index (χ4v) is 3.72. The molecular formula is C16H8O2S. The van der Waals surface area contributed by atoms with E-state index >= 15 is 0 Å². The molecule has 4 rings (SSSR count). The number of fused-ring (bicyclic) bond motifs is 5. The highest BCUT2D eigenvalue weighted by molar-refractivity contribution is 7.25. The van der Waals surface area contributed by atoms with Gasteiger partial charge in [0.1, 0.15) is 0 Å². The van der Waals surface area contributed by atoms with Crippen LogP contribution >= 0.6 is 11.3 Å². The summed E-state index contributed by atoms with van der Waals surface area (Å²) in [6.07, 6.45) is 2.72. The molecule has 3 aromatic rings. The molecule has 90 valence electrons. The van der Waals surface area contributed by atoms with Crippen LogP contribution in [0.25, 0.3) is 20.2 Å². The summed E-state index contributed by atoms with van der Waals surface area (Å²) in [4.78, 5) is 24.0. The Hall–Kier alpha value is -2.26. The van der Waals surface area contributed by atoms with Crippen molar-refractivity contribution in [2.75, 3.05) is 0 Å². The van der Waals surface area contributed by atoms with Gasteiger partial charge in [-0.1, -0.05) is 18.2 Å². The Balaban J connectivity index is 2.27. The van der Waals surface area contributed by atoms with E-state index in [0.717, 1.165) is 20.2 Å². The molecule has 2 nitrogen and oxygen atoms in total. The first-order chi connectivity index (χ1) is 9.25. The molecule has 0 atom stereocenters. The zero-order valence-corrected chi connectivity index (χ0v) is 10.7. The quantitative estimate of drug-likeness (QED) is 0.615. The number of rotatable bonds is 0. The molecular weight excluding hydrogens is 256 g/mol. The van der Waals surface area contributed by atoms with E-state index in [9.17, 15) is 9.59 Å². The Labute approximate surface area is 113 Å². The third kappa shape index (κ3) is 1.36. The second-order valence-electron chi connectivity index (χ2n) is 4.52. The van der Waals surface area contributed by atoms with Crippen molar-refractivity contribution in [2.45, 2.75) is 0 Å². The van der Waals surface area contributed by atoms with Crippen molar-refractivity contribution in [1.82, 2.24) is 0 Å². The maximum Gasteiger partial charge on any atom is 0.187 e. The third-order valence-electron chi connectivity index (χ3n) is 3.44. The molecule has 2 aromatic carbocycles. The van der Waals surface area contributed by atoms with Crippen LogP contribution in [0.5, 0.6) is 0 Å². The lowest BCUT2D eigenvalue weighted by Gasteiger charge is -2.10. The molecule has 0 aliphatic heterocycles. The SMILES string of the molecule is O=C1C=CC(=O)c2c1ccc1sc3ccccc3c21. The minimum absolute atomic E-state index is 0.0799. The number of carbonyl (C=O) groups is 2. The molecule has 1 aliphatic rings. The summed E-state index contributed by atoms with van der Waals surface area (Å²) in [7, 11) is 0. The number of thiophene rings is 1. The number of ketones is 2. The molecule has 1 heterocycles. The van der Waals surface area contributed by atoms with Gasteiger partial charge in [0.15, 0.2) is 11.6 Å². The van der Waals surface area contributed by atoms with E-state index in [0.29, 0.717) is 11.1 Å². The Kier molecular flexibility index (Phi) is 2.03. The second-order valence-corrected chi connectivity index (χ2v) is 5.61.